The Morgan fingerprint density at radius 3 is 2.89 bits per heavy atom. The van der Waals surface area contributed by atoms with E-state index in [1.54, 1.807) is 6.20 Å². The van der Waals surface area contributed by atoms with Crippen LogP contribution in [0.5, 0.6) is 0 Å². The maximum atomic E-state index is 6.12. The van der Waals surface area contributed by atoms with E-state index in [4.69, 9.17) is 5.73 Å². The standard InChI is InChI=1S/C14H23N3S2/c1-4-17-14(11-7-16-6-5-12(11)15)13-8-18-9(2)10(3)19-13/h5-7,9-10,13-14,17H,4,8H2,1-3H3,(H2,15,16). The molecule has 106 valence electrons. The summed E-state index contributed by atoms with van der Waals surface area (Å²) in [6.45, 7) is 7.74. The minimum atomic E-state index is 0.297. The van der Waals surface area contributed by atoms with Gasteiger partial charge in [-0.1, -0.05) is 20.8 Å². The van der Waals surface area contributed by atoms with Crippen LogP contribution in [0.4, 0.5) is 5.69 Å². The lowest BCUT2D eigenvalue weighted by Gasteiger charge is -2.36. The SMILES string of the molecule is CCNC(c1cnccc1N)C1CSC(C)C(C)S1. The minimum absolute atomic E-state index is 0.297. The van der Waals surface area contributed by atoms with Crippen LogP contribution in [-0.2, 0) is 0 Å². The Morgan fingerprint density at radius 2 is 2.26 bits per heavy atom. The Balaban J connectivity index is 2.19. The summed E-state index contributed by atoms with van der Waals surface area (Å²) in [7, 11) is 0. The predicted molar refractivity (Wildman–Crippen MR) is 87.8 cm³/mol. The summed E-state index contributed by atoms with van der Waals surface area (Å²) in [5, 5.41) is 5.56. The molecule has 3 nitrogen and oxygen atoms in total. The average molecular weight is 297 g/mol. The number of anilines is 1. The lowest BCUT2D eigenvalue weighted by molar-refractivity contribution is 0.547. The van der Waals surface area contributed by atoms with Gasteiger partial charge in [-0.3, -0.25) is 4.98 Å². The van der Waals surface area contributed by atoms with E-state index in [2.05, 4.69) is 54.6 Å². The molecule has 2 heterocycles. The first-order valence-electron chi connectivity index (χ1n) is 6.83. The van der Waals surface area contributed by atoms with Crippen molar-refractivity contribution in [3.05, 3.63) is 24.0 Å². The molecule has 3 N–H and O–H groups in total. The molecule has 0 aliphatic carbocycles. The van der Waals surface area contributed by atoms with Crippen LogP contribution in [-0.4, -0.2) is 33.0 Å². The third-order valence-electron chi connectivity index (χ3n) is 3.59. The molecule has 1 aromatic rings. The van der Waals surface area contributed by atoms with Crippen molar-refractivity contribution in [2.45, 2.75) is 42.6 Å². The first-order chi connectivity index (χ1) is 9.13. The summed E-state index contributed by atoms with van der Waals surface area (Å²) in [6, 6.07) is 2.19. The highest BCUT2D eigenvalue weighted by Gasteiger charge is 2.32. The summed E-state index contributed by atoms with van der Waals surface area (Å²) in [6.07, 6.45) is 3.67. The Labute approximate surface area is 124 Å². The Hall–Kier alpha value is -0.390. The van der Waals surface area contributed by atoms with E-state index in [-0.39, 0.29) is 0 Å². The van der Waals surface area contributed by atoms with Crippen molar-refractivity contribution in [2.75, 3.05) is 18.0 Å². The van der Waals surface area contributed by atoms with Crippen LogP contribution in [0.2, 0.25) is 0 Å². The molecule has 0 saturated carbocycles. The van der Waals surface area contributed by atoms with Crippen molar-refractivity contribution in [1.29, 1.82) is 0 Å². The molecule has 1 aliphatic heterocycles. The van der Waals surface area contributed by atoms with Gasteiger partial charge in [0.15, 0.2) is 0 Å². The number of thioether (sulfide) groups is 2. The predicted octanol–water partition coefficient (Wildman–Crippen LogP) is 2.94. The molecular formula is C14H23N3S2. The van der Waals surface area contributed by atoms with Crippen LogP contribution in [0.25, 0.3) is 0 Å². The molecule has 4 unspecified atom stereocenters. The summed E-state index contributed by atoms with van der Waals surface area (Å²) < 4.78 is 0. The van der Waals surface area contributed by atoms with E-state index < -0.39 is 0 Å². The second-order valence-electron chi connectivity index (χ2n) is 4.96. The Bertz CT molecular complexity index is 413. The molecule has 0 amide bonds. The van der Waals surface area contributed by atoms with Gasteiger partial charge in [0.25, 0.3) is 0 Å². The summed E-state index contributed by atoms with van der Waals surface area (Å²) in [5.74, 6) is 1.17. The zero-order chi connectivity index (χ0) is 13.8. The molecule has 19 heavy (non-hydrogen) atoms. The summed E-state index contributed by atoms with van der Waals surface area (Å²) in [5.41, 5.74) is 8.11. The van der Waals surface area contributed by atoms with E-state index in [0.717, 1.165) is 23.0 Å². The fourth-order valence-electron chi connectivity index (χ4n) is 2.32. The smallest absolute Gasteiger partial charge is 0.0484 e. The molecule has 1 aromatic heterocycles. The van der Waals surface area contributed by atoms with Crippen molar-refractivity contribution in [1.82, 2.24) is 10.3 Å². The van der Waals surface area contributed by atoms with Crippen LogP contribution >= 0.6 is 23.5 Å². The number of hydrogen-bond donors (Lipinski definition) is 2. The topological polar surface area (TPSA) is 50.9 Å². The highest BCUT2D eigenvalue weighted by atomic mass is 32.2. The molecule has 0 spiro atoms. The lowest BCUT2D eigenvalue weighted by Crippen LogP contribution is -2.37. The van der Waals surface area contributed by atoms with Crippen LogP contribution in [0, 0.1) is 0 Å². The highest BCUT2D eigenvalue weighted by molar-refractivity contribution is 8.07. The number of hydrogen-bond acceptors (Lipinski definition) is 5. The van der Waals surface area contributed by atoms with Crippen molar-refractivity contribution in [3.63, 3.8) is 0 Å². The van der Waals surface area contributed by atoms with Gasteiger partial charge in [-0.15, -0.1) is 0 Å². The van der Waals surface area contributed by atoms with Gasteiger partial charge in [0, 0.05) is 51.2 Å². The highest BCUT2D eigenvalue weighted by Crippen LogP contribution is 2.41. The number of nitrogens with two attached hydrogens (primary N) is 1. The largest absolute Gasteiger partial charge is 0.398 e. The molecule has 2 rings (SSSR count). The zero-order valence-electron chi connectivity index (χ0n) is 11.8. The van der Waals surface area contributed by atoms with Crippen molar-refractivity contribution < 1.29 is 0 Å². The van der Waals surface area contributed by atoms with Gasteiger partial charge in [0.1, 0.15) is 0 Å². The molecule has 0 radical (unpaired) electrons. The minimum Gasteiger partial charge on any atom is -0.398 e. The number of nitrogens with one attached hydrogen (secondary N) is 1. The van der Waals surface area contributed by atoms with Gasteiger partial charge < -0.3 is 11.1 Å². The van der Waals surface area contributed by atoms with Crippen LogP contribution in [0.1, 0.15) is 32.4 Å². The van der Waals surface area contributed by atoms with Crippen molar-refractivity contribution in [2.24, 2.45) is 0 Å². The zero-order valence-corrected chi connectivity index (χ0v) is 13.4. The van der Waals surface area contributed by atoms with Gasteiger partial charge in [-0.2, -0.15) is 23.5 Å². The van der Waals surface area contributed by atoms with Gasteiger partial charge in [-0.05, 0) is 12.6 Å². The number of aromatic nitrogens is 1. The number of nitrogens with zero attached hydrogens (tertiary/aromatic N) is 1. The summed E-state index contributed by atoms with van der Waals surface area (Å²) >= 11 is 4.15. The molecule has 1 saturated heterocycles. The molecule has 1 aliphatic rings. The third kappa shape index (κ3) is 3.58. The first-order valence-corrected chi connectivity index (χ1v) is 8.82. The number of nitrogen functional groups attached to an aromatic ring is 1. The van der Waals surface area contributed by atoms with Gasteiger partial charge in [-0.25, -0.2) is 0 Å². The van der Waals surface area contributed by atoms with Crippen LogP contribution < -0.4 is 11.1 Å². The molecular weight excluding hydrogens is 274 g/mol. The molecule has 4 atom stereocenters. The maximum Gasteiger partial charge on any atom is 0.0484 e. The number of rotatable bonds is 4. The second-order valence-corrected chi connectivity index (χ2v) is 7.99. The molecule has 1 fully saturated rings. The van der Waals surface area contributed by atoms with Gasteiger partial charge in [0.05, 0.1) is 0 Å². The Morgan fingerprint density at radius 1 is 1.47 bits per heavy atom. The van der Waals surface area contributed by atoms with Crippen molar-refractivity contribution in [3.8, 4) is 0 Å². The molecule has 0 aromatic carbocycles. The van der Waals surface area contributed by atoms with Crippen LogP contribution in [0.3, 0.4) is 0 Å². The Kier molecular flexibility index (Phi) is 5.42. The normalized spacial score (nSPS) is 29.1. The fourth-order valence-corrected chi connectivity index (χ4v) is 5.43. The average Bonchev–Trinajstić information content (AvgIpc) is 2.40. The quantitative estimate of drug-likeness (QED) is 0.895. The molecule has 5 heteroatoms. The lowest BCUT2D eigenvalue weighted by atomic mass is 10.0. The monoisotopic (exact) mass is 297 g/mol. The van der Waals surface area contributed by atoms with E-state index in [1.165, 1.54) is 5.75 Å². The third-order valence-corrected chi connectivity index (χ3v) is 7.09. The van der Waals surface area contributed by atoms with E-state index in [1.807, 2.05) is 12.3 Å². The maximum absolute atomic E-state index is 6.12. The van der Waals surface area contributed by atoms with Gasteiger partial charge >= 0.3 is 0 Å². The molecule has 0 bridgehead atoms. The second kappa shape index (κ2) is 6.86. The van der Waals surface area contributed by atoms with Crippen LogP contribution in [0.15, 0.2) is 18.5 Å². The fraction of sp³-hybridized carbons (Fsp3) is 0.643. The van der Waals surface area contributed by atoms with E-state index in [9.17, 15) is 0 Å². The van der Waals surface area contributed by atoms with E-state index in [0.29, 0.717) is 16.5 Å². The first kappa shape index (κ1) is 15.0. The number of pyridine rings is 1. The van der Waals surface area contributed by atoms with Gasteiger partial charge in [0.2, 0.25) is 0 Å². The van der Waals surface area contributed by atoms with Crippen molar-refractivity contribution >= 4 is 29.2 Å². The van der Waals surface area contributed by atoms with E-state index >= 15 is 0 Å². The summed E-state index contributed by atoms with van der Waals surface area (Å²) in [4.78, 5) is 4.24.